The van der Waals surface area contributed by atoms with Crippen LogP contribution in [0.4, 0.5) is 11.6 Å². The van der Waals surface area contributed by atoms with Crippen LogP contribution >= 0.6 is 0 Å². The molecular formula is C14H15N3O3. The van der Waals surface area contributed by atoms with Gasteiger partial charge in [0.1, 0.15) is 0 Å². The number of aliphatic carboxylic acids is 1. The highest BCUT2D eigenvalue weighted by molar-refractivity contribution is 5.68. The Morgan fingerprint density at radius 2 is 2.00 bits per heavy atom. The molecule has 2 aromatic rings. The van der Waals surface area contributed by atoms with Gasteiger partial charge < -0.3 is 15.2 Å². The average Bonchev–Trinajstić information content (AvgIpc) is 2.35. The minimum absolute atomic E-state index is 0.217. The molecule has 0 bridgehead atoms. The van der Waals surface area contributed by atoms with Gasteiger partial charge in [0.05, 0.1) is 0 Å². The molecule has 0 atom stereocenters. The molecule has 0 aliphatic rings. The maximum absolute atomic E-state index is 10.4. The fraction of sp³-hybridized carbons (Fsp3) is 0.214. The Morgan fingerprint density at radius 1 is 1.30 bits per heavy atom. The van der Waals surface area contributed by atoms with Gasteiger partial charge in [-0.1, -0.05) is 6.07 Å². The predicted molar refractivity (Wildman–Crippen MR) is 74.4 cm³/mol. The van der Waals surface area contributed by atoms with Gasteiger partial charge in [0.2, 0.25) is 11.8 Å². The molecule has 0 saturated heterocycles. The van der Waals surface area contributed by atoms with Crippen LogP contribution in [0.25, 0.3) is 0 Å². The normalized spacial score (nSPS) is 10.1. The monoisotopic (exact) mass is 273 g/mol. The first-order chi connectivity index (χ1) is 9.52. The summed E-state index contributed by atoms with van der Waals surface area (Å²) in [6.07, 6.45) is 1.51. The quantitative estimate of drug-likeness (QED) is 0.869. The van der Waals surface area contributed by atoms with Crippen LogP contribution in [0.3, 0.4) is 0 Å². The number of rotatable bonds is 5. The number of aromatic nitrogens is 2. The van der Waals surface area contributed by atoms with E-state index in [1.165, 1.54) is 12.3 Å². The molecule has 1 heterocycles. The number of carbonyl (C=O) groups is 1. The molecule has 0 spiro atoms. The molecule has 0 aliphatic carbocycles. The van der Waals surface area contributed by atoms with Crippen molar-refractivity contribution in [3.63, 3.8) is 0 Å². The van der Waals surface area contributed by atoms with Crippen LogP contribution in [0.15, 0.2) is 30.5 Å². The largest absolute Gasteiger partial charge is 0.479 e. The van der Waals surface area contributed by atoms with Gasteiger partial charge in [0, 0.05) is 18.0 Å². The van der Waals surface area contributed by atoms with Crippen LogP contribution in [0.2, 0.25) is 0 Å². The van der Waals surface area contributed by atoms with Crippen LogP contribution in [-0.2, 0) is 4.79 Å². The highest BCUT2D eigenvalue weighted by Crippen LogP contribution is 2.18. The van der Waals surface area contributed by atoms with Crippen molar-refractivity contribution >= 4 is 17.6 Å². The lowest BCUT2D eigenvalue weighted by Gasteiger charge is -2.08. The lowest BCUT2D eigenvalue weighted by Crippen LogP contribution is -2.10. The Hall–Kier alpha value is -2.63. The summed E-state index contributed by atoms with van der Waals surface area (Å²) in [6.45, 7) is 3.58. The molecule has 0 unspecified atom stereocenters. The molecule has 0 saturated carbocycles. The summed E-state index contributed by atoms with van der Waals surface area (Å²) in [7, 11) is 0. The predicted octanol–water partition coefficient (Wildman–Crippen LogP) is 2.30. The first-order valence-electron chi connectivity index (χ1n) is 6.06. The molecule has 0 amide bonds. The minimum atomic E-state index is -1.05. The minimum Gasteiger partial charge on any atom is -0.479 e. The van der Waals surface area contributed by atoms with Crippen molar-refractivity contribution in [1.82, 2.24) is 9.97 Å². The zero-order chi connectivity index (χ0) is 14.5. The van der Waals surface area contributed by atoms with Crippen molar-refractivity contribution in [2.24, 2.45) is 0 Å². The number of anilines is 2. The van der Waals surface area contributed by atoms with Gasteiger partial charge in [-0.15, -0.1) is 0 Å². The van der Waals surface area contributed by atoms with Gasteiger partial charge in [0.15, 0.2) is 6.61 Å². The zero-order valence-electron chi connectivity index (χ0n) is 11.3. The second kappa shape index (κ2) is 6.01. The van der Waals surface area contributed by atoms with Gasteiger partial charge in [-0.25, -0.2) is 9.78 Å². The second-order valence-electron chi connectivity index (χ2n) is 4.40. The zero-order valence-corrected chi connectivity index (χ0v) is 11.3. The van der Waals surface area contributed by atoms with Gasteiger partial charge in [-0.3, -0.25) is 0 Å². The molecule has 6 nitrogen and oxygen atoms in total. The van der Waals surface area contributed by atoms with E-state index in [0.717, 1.165) is 16.8 Å². The number of carboxylic acid groups (broad SMARTS) is 1. The van der Waals surface area contributed by atoms with Crippen LogP contribution in [0, 0.1) is 13.8 Å². The fourth-order valence-corrected chi connectivity index (χ4v) is 1.79. The molecular weight excluding hydrogens is 258 g/mol. The summed E-state index contributed by atoms with van der Waals surface area (Å²) >= 11 is 0. The van der Waals surface area contributed by atoms with Crippen molar-refractivity contribution in [3.05, 3.63) is 41.6 Å². The Morgan fingerprint density at radius 3 is 2.65 bits per heavy atom. The van der Waals surface area contributed by atoms with Crippen LogP contribution in [0.5, 0.6) is 5.88 Å². The lowest BCUT2D eigenvalue weighted by molar-refractivity contribution is -0.139. The Kier molecular flexibility index (Phi) is 4.14. The summed E-state index contributed by atoms with van der Waals surface area (Å²) in [6, 6.07) is 7.52. The van der Waals surface area contributed by atoms with Crippen molar-refractivity contribution in [2.45, 2.75) is 13.8 Å². The number of nitrogens with one attached hydrogen (secondary N) is 1. The third kappa shape index (κ3) is 3.94. The first kappa shape index (κ1) is 13.8. The summed E-state index contributed by atoms with van der Waals surface area (Å²) < 4.78 is 5.00. The molecule has 20 heavy (non-hydrogen) atoms. The second-order valence-corrected chi connectivity index (χ2v) is 4.40. The molecule has 1 aromatic heterocycles. The molecule has 2 N–H and O–H groups in total. The van der Waals surface area contributed by atoms with Crippen LogP contribution < -0.4 is 10.1 Å². The van der Waals surface area contributed by atoms with E-state index in [1.54, 1.807) is 0 Å². The number of carboxylic acids is 1. The molecule has 6 heteroatoms. The summed E-state index contributed by atoms with van der Waals surface area (Å²) in [5.41, 5.74) is 3.13. The molecule has 104 valence electrons. The van der Waals surface area contributed by atoms with E-state index < -0.39 is 12.6 Å². The topological polar surface area (TPSA) is 84.3 Å². The number of aryl methyl sites for hydroxylation is 2. The molecule has 0 aliphatic heterocycles. The van der Waals surface area contributed by atoms with Crippen LogP contribution in [0.1, 0.15) is 11.1 Å². The van der Waals surface area contributed by atoms with E-state index in [2.05, 4.69) is 21.4 Å². The van der Waals surface area contributed by atoms with Crippen LogP contribution in [-0.4, -0.2) is 27.7 Å². The number of ether oxygens (including phenoxy) is 1. The molecule has 2 rings (SSSR count). The first-order valence-corrected chi connectivity index (χ1v) is 6.06. The SMILES string of the molecule is Cc1cc(C)cc(Nc2nccc(OCC(=O)O)n2)c1. The summed E-state index contributed by atoms with van der Waals surface area (Å²) in [5.74, 6) is -0.473. The van der Waals surface area contributed by atoms with Gasteiger partial charge in [0.25, 0.3) is 0 Å². The van der Waals surface area contributed by atoms with E-state index in [-0.39, 0.29) is 5.88 Å². The molecule has 0 fully saturated rings. The van der Waals surface area contributed by atoms with Crippen molar-refractivity contribution < 1.29 is 14.6 Å². The van der Waals surface area contributed by atoms with Crippen molar-refractivity contribution in [2.75, 3.05) is 11.9 Å². The van der Waals surface area contributed by atoms with E-state index >= 15 is 0 Å². The Labute approximate surface area is 116 Å². The number of nitrogens with zero attached hydrogens (tertiary/aromatic N) is 2. The van der Waals surface area contributed by atoms with Gasteiger partial charge >= 0.3 is 5.97 Å². The Bertz CT molecular complexity index is 609. The van der Waals surface area contributed by atoms with E-state index in [4.69, 9.17) is 9.84 Å². The maximum Gasteiger partial charge on any atom is 0.341 e. The third-order valence-electron chi connectivity index (χ3n) is 2.45. The number of hydrogen-bond donors (Lipinski definition) is 2. The Balaban J connectivity index is 2.12. The average molecular weight is 273 g/mol. The highest BCUT2D eigenvalue weighted by Gasteiger charge is 2.04. The maximum atomic E-state index is 10.4. The molecule has 0 radical (unpaired) electrons. The van der Waals surface area contributed by atoms with E-state index in [9.17, 15) is 4.79 Å². The molecule has 1 aromatic carbocycles. The number of benzene rings is 1. The van der Waals surface area contributed by atoms with Gasteiger partial charge in [-0.05, 0) is 37.1 Å². The van der Waals surface area contributed by atoms with Gasteiger partial charge in [-0.2, -0.15) is 4.98 Å². The van der Waals surface area contributed by atoms with Crippen molar-refractivity contribution in [1.29, 1.82) is 0 Å². The lowest BCUT2D eigenvalue weighted by atomic mass is 10.1. The van der Waals surface area contributed by atoms with E-state index in [1.807, 2.05) is 26.0 Å². The highest BCUT2D eigenvalue weighted by atomic mass is 16.5. The fourth-order valence-electron chi connectivity index (χ4n) is 1.79. The third-order valence-corrected chi connectivity index (χ3v) is 2.45. The van der Waals surface area contributed by atoms with E-state index in [0.29, 0.717) is 5.95 Å². The standard InChI is InChI=1S/C14H15N3O3/c1-9-5-10(2)7-11(6-9)16-14-15-4-3-12(17-14)20-8-13(18)19/h3-7H,8H2,1-2H3,(H,18,19)(H,15,16,17). The summed E-state index contributed by atoms with van der Waals surface area (Å²) in [4.78, 5) is 18.6. The smallest absolute Gasteiger partial charge is 0.341 e. The van der Waals surface area contributed by atoms with Crippen molar-refractivity contribution in [3.8, 4) is 5.88 Å². The number of hydrogen-bond acceptors (Lipinski definition) is 5. The summed E-state index contributed by atoms with van der Waals surface area (Å²) in [5, 5.41) is 11.6.